The number of halogens is 3. The summed E-state index contributed by atoms with van der Waals surface area (Å²) >= 11 is 15.8. The number of rotatable bonds is 3. The van der Waals surface area contributed by atoms with Gasteiger partial charge < -0.3 is 5.11 Å². The summed E-state index contributed by atoms with van der Waals surface area (Å²) in [7, 11) is 0. The number of hydrogen-bond acceptors (Lipinski definition) is 3. The maximum Gasteiger partial charge on any atom is 0.242 e. The third kappa shape index (κ3) is 3.31. The highest BCUT2D eigenvalue weighted by Crippen LogP contribution is 2.33. The van der Waals surface area contributed by atoms with Crippen LogP contribution in [0.4, 0.5) is 0 Å². The van der Waals surface area contributed by atoms with Crippen LogP contribution in [0.3, 0.4) is 0 Å². The number of nitro groups is 1. The zero-order chi connectivity index (χ0) is 9.94. The molecule has 72 valence electrons. The largest absolute Gasteiger partial charge is 0.382 e. The molecule has 2 unspecified atom stereocenters. The molecule has 7 heteroatoms. The summed E-state index contributed by atoms with van der Waals surface area (Å²) in [4.78, 5) is 9.63. The van der Waals surface area contributed by atoms with Gasteiger partial charge in [-0.25, -0.2) is 0 Å². The average Bonchev–Trinajstić information content (AvgIpc) is 1.86. The second kappa shape index (κ2) is 4.46. The molecule has 0 aromatic rings. The number of aliphatic hydroxyl groups is 1. The van der Waals surface area contributed by atoms with Gasteiger partial charge in [0, 0.05) is 11.3 Å². The highest BCUT2D eigenvalue weighted by molar-refractivity contribution is 6.68. The van der Waals surface area contributed by atoms with Crippen LogP contribution in [-0.2, 0) is 0 Å². The molecule has 0 amide bonds. The zero-order valence-electron chi connectivity index (χ0n) is 6.21. The van der Waals surface area contributed by atoms with Gasteiger partial charge in [0.1, 0.15) is 0 Å². The van der Waals surface area contributed by atoms with Crippen molar-refractivity contribution in [3.05, 3.63) is 10.1 Å². The predicted molar refractivity (Wildman–Crippen MR) is 47.4 cm³/mol. The van der Waals surface area contributed by atoms with Gasteiger partial charge in [0.2, 0.25) is 9.83 Å². The molecule has 0 aromatic carbocycles. The lowest BCUT2D eigenvalue weighted by atomic mass is 10.1. The summed E-state index contributed by atoms with van der Waals surface area (Å²) in [5, 5.41) is 19.5. The lowest BCUT2D eigenvalue weighted by Gasteiger charge is -2.20. The first kappa shape index (κ1) is 12.2. The lowest BCUT2D eigenvalue weighted by Crippen LogP contribution is -2.41. The first-order valence-electron chi connectivity index (χ1n) is 3.19. The molecule has 0 aliphatic rings. The van der Waals surface area contributed by atoms with Crippen molar-refractivity contribution in [1.29, 1.82) is 0 Å². The fourth-order valence-electron chi connectivity index (χ4n) is 0.706. The summed E-state index contributed by atoms with van der Waals surface area (Å²) in [6.45, 7) is 1.53. The van der Waals surface area contributed by atoms with E-state index in [1.54, 1.807) is 0 Å². The smallest absolute Gasteiger partial charge is 0.242 e. The number of hydrogen-bond donors (Lipinski definition) is 1. The van der Waals surface area contributed by atoms with Crippen molar-refractivity contribution in [2.75, 3.05) is 0 Å². The summed E-state index contributed by atoms with van der Waals surface area (Å²) in [6.07, 6.45) is -1.47. The number of aliphatic hydroxyl groups excluding tert-OH is 1. The summed E-state index contributed by atoms with van der Waals surface area (Å²) in [5.74, 6) is 0. The van der Waals surface area contributed by atoms with Crippen molar-refractivity contribution >= 4 is 34.8 Å². The van der Waals surface area contributed by atoms with Crippen molar-refractivity contribution < 1.29 is 10.0 Å². The van der Waals surface area contributed by atoms with Crippen molar-refractivity contribution in [3.63, 3.8) is 0 Å². The Labute approximate surface area is 84.6 Å². The van der Waals surface area contributed by atoms with E-state index in [2.05, 4.69) is 0 Å². The Morgan fingerprint density at radius 1 is 1.58 bits per heavy atom. The van der Waals surface area contributed by atoms with Crippen LogP contribution < -0.4 is 0 Å². The maximum absolute atomic E-state index is 10.3. The molecule has 0 fully saturated rings. The van der Waals surface area contributed by atoms with E-state index in [0.717, 1.165) is 0 Å². The van der Waals surface area contributed by atoms with Gasteiger partial charge in [-0.05, 0) is 0 Å². The first-order chi connectivity index (χ1) is 5.30. The molecule has 0 rings (SSSR count). The molecule has 0 saturated heterocycles. The van der Waals surface area contributed by atoms with E-state index in [4.69, 9.17) is 34.8 Å². The van der Waals surface area contributed by atoms with Crippen LogP contribution in [0.2, 0.25) is 0 Å². The molecular formula is C5H8Cl3NO3. The molecule has 0 aliphatic heterocycles. The highest BCUT2D eigenvalue weighted by Gasteiger charge is 2.42. The van der Waals surface area contributed by atoms with Gasteiger partial charge in [-0.1, -0.05) is 41.7 Å². The molecular weight excluding hydrogens is 228 g/mol. The van der Waals surface area contributed by atoms with E-state index in [-0.39, 0.29) is 6.42 Å². The summed E-state index contributed by atoms with van der Waals surface area (Å²) < 4.78 is -2.01. The molecule has 12 heavy (non-hydrogen) atoms. The van der Waals surface area contributed by atoms with E-state index < -0.39 is 20.9 Å². The molecule has 1 N–H and O–H groups in total. The Bertz CT molecular complexity index is 170. The van der Waals surface area contributed by atoms with Gasteiger partial charge in [-0.2, -0.15) is 0 Å². The van der Waals surface area contributed by atoms with Crippen LogP contribution in [0, 0.1) is 10.1 Å². The molecule has 0 heterocycles. The van der Waals surface area contributed by atoms with Crippen LogP contribution in [0.15, 0.2) is 0 Å². The van der Waals surface area contributed by atoms with Crippen LogP contribution in [0.1, 0.15) is 13.3 Å². The fraction of sp³-hybridized carbons (Fsp3) is 1.00. The minimum Gasteiger partial charge on any atom is -0.382 e. The second-order valence-electron chi connectivity index (χ2n) is 2.25. The number of nitrogens with zero attached hydrogens (tertiary/aromatic N) is 1. The summed E-state index contributed by atoms with van der Waals surface area (Å²) in [5.41, 5.74) is 0. The molecule has 2 atom stereocenters. The minimum absolute atomic E-state index is 0.113. The molecule has 0 radical (unpaired) electrons. The lowest BCUT2D eigenvalue weighted by molar-refractivity contribution is -0.534. The Morgan fingerprint density at radius 2 is 2.00 bits per heavy atom. The third-order valence-electron chi connectivity index (χ3n) is 1.39. The Kier molecular flexibility index (Phi) is 4.55. The molecule has 4 nitrogen and oxygen atoms in total. The van der Waals surface area contributed by atoms with Crippen molar-refractivity contribution in [1.82, 2.24) is 0 Å². The fourth-order valence-corrected chi connectivity index (χ4v) is 1.14. The van der Waals surface area contributed by atoms with Gasteiger partial charge in [-0.15, -0.1) is 0 Å². The zero-order valence-corrected chi connectivity index (χ0v) is 8.47. The molecule has 0 aliphatic carbocycles. The second-order valence-corrected chi connectivity index (χ2v) is 4.62. The molecule has 0 saturated carbocycles. The average molecular weight is 236 g/mol. The quantitative estimate of drug-likeness (QED) is 0.461. The van der Waals surface area contributed by atoms with Gasteiger partial charge in [0.25, 0.3) is 0 Å². The van der Waals surface area contributed by atoms with E-state index in [0.29, 0.717) is 0 Å². The minimum atomic E-state index is -2.01. The Morgan fingerprint density at radius 3 is 2.08 bits per heavy atom. The topological polar surface area (TPSA) is 63.4 Å². The maximum atomic E-state index is 10.3. The van der Waals surface area contributed by atoms with E-state index in [9.17, 15) is 15.2 Å². The predicted octanol–water partition coefficient (Wildman–Crippen LogP) is 1.77. The molecule has 0 bridgehead atoms. The Hall–Kier alpha value is 0.230. The van der Waals surface area contributed by atoms with Crippen molar-refractivity contribution in [2.45, 2.75) is 29.3 Å². The Balaban J connectivity index is 4.42. The van der Waals surface area contributed by atoms with E-state index >= 15 is 0 Å². The first-order valence-corrected chi connectivity index (χ1v) is 4.32. The molecule has 0 aromatic heterocycles. The normalized spacial score (nSPS) is 17.1. The van der Waals surface area contributed by atoms with Gasteiger partial charge >= 0.3 is 0 Å². The number of alkyl halides is 3. The monoisotopic (exact) mass is 235 g/mol. The van der Waals surface area contributed by atoms with Gasteiger partial charge in [0.05, 0.1) is 0 Å². The third-order valence-corrected chi connectivity index (χ3v) is 2.06. The van der Waals surface area contributed by atoms with Crippen LogP contribution in [-0.4, -0.2) is 26.0 Å². The van der Waals surface area contributed by atoms with Gasteiger partial charge in [-0.3, -0.25) is 10.1 Å². The van der Waals surface area contributed by atoms with Crippen molar-refractivity contribution in [3.8, 4) is 0 Å². The van der Waals surface area contributed by atoms with Gasteiger partial charge in [0.15, 0.2) is 6.10 Å². The SMILES string of the molecule is CCC(C(O)C(Cl)(Cl)Cl)[N+](=O)[O-]. The highest BCUT2D eigenvalue weighted by atomic mass is 35.6. The van der Waals surface area contributed by atoms with Crippen molar-refractivity contribution in [2.24, 2.45) is 0 Å². The molecule has 0 spiro atoms. The van der Waals surface area contributed by atoms with Crippen LogP contribution in [0.25, 0.3) is 0 Å². The summed E-state index contributed by atoms with van der Waals surface area (Å²) in [6, 6.07) is -1.24. The van der Waals surface area contributed by atoms with Crippen LogP contribution in [0.5, 0.6) is 0 Å². The van der Waals surface area contributed by atoms with E-state index in [1.807, 2.05) is 0 Å². The standard InChI is InChI=1S/C5H8Cl3NO3/c1-2-3(9(11)12)4(10)5(6,7)8/h3-4,10H,2H2,1H3. The van der Waals surface area contributed by atoms with E-state index in [1.165, 1.54) is 6.92 Å². The van der Waals surface area contributed by atoms with Crippen LogP contribution >= 0.6 is 34.8 Å².